The van der Waals surface area contributed by atoms with Gasteiger partial charge >= 0.3 is 0 Å². The molecule has 0 aliphatic heterocycles. The first-order valence-electron chi connectivity index (χ1n) is 7.43. The van der Waals surface area contributed by atoms with E-state index in [9.17, 15) is 0 Å². The highest BCUT2D eigenvalue weighted by molar-refractivity contribution is 5.51. The topological polar surface area (TPSA) is 12.9 Å². The van der Waals surface area contributed by atoms with Crippen molar-refractivity contribution in [2.75, 3.05) is 0 Å². The Morgan fingerprint density at radius 1 is 0.714 bits per heavy atom. The summed E-state index contributed by atoms with van der Waals surface area (Å²) >= 11 is 0. The summed E-state index contributed by atoms with van der Waals surface area (Å²) in [5.41, 5.74) is 4.08. The van der Waals surface area contributed by atoms with Gasteiger partial charge in [-0.2, -0.15) is 0 Å². The lowest BCUT2D eigenvalue weighted by Gasteiger charge is -2.19. The molecule has 0 bridgehead atoms. The fraction of sp³-hybridized carbons (Fsp3) is 0.150. The third kappa shape index (κ3) is 1.97. The van der Waals surface area contributed by atoms with Gasteiger partial charge < -0.3 is 0 Å². The van der Waals surface area contributed by atoms with Gasteiger partial charge in [-0.15, -0.1) is 0 Å². The Morgan fingerprint density at radius 3 is 1.81 bits per heavy atom. The smallest absolute Gasteiger partial charge is 0.0447 e. The summed E-state index contributed by atoms with van der Waals surface area (Å²) in [5.74, 6) is 0.475. The van der Waals surface area contributed by atoms with Crippen LogP contribution in [0.3, 0.4) is 0 Å². The predicted octanol–water partition coefficient (Wildman–Crippen LogP) is 4.56. The van der Waals surface area contributed by atoms with Crippen LogP contribution in [0.25, 0.3) is 0 Å². The summed E-state index contributed by atoms with van der Waals surface area (Å²) < 4.78 is 0. The molecule has 102 valence electrons. The van der Waals surface area contributed by atoms with E-state index in [2.05, 4.69) is 77.8 Å². The monoisotopic (exact) mass is 271 g/mol. The van der Waals surface area contributed by atoms with Gasteiger partial charge in [0.1, 0.15) is 0 Å². The first kappa shape index (κ1) is 12.3. The molecular weight excluding hydrogens is 254 g/mol. The Labute approximate surface area is 125 Å². The maximum Gasteiger partial charge on any atom is 0.0447 e. The molecule has 1 nitrogen and oxygen atoms in total. The number of hydrogen-bond acceptors (Lipinski definition) is 1. The molecule has 1 unspecified atom stereocenters. The molecule has 1 aliphatic rings. The van der Waals surface area contributed by atoms with E-state index in [1.165, 1.54) is 16.8 Å². The van der Waals surface area contributed by atoms with Crippen molar-refractivity contribution in [1.29, 1.82) is 0 Å². The Kier molecular flexibility index (Phi) is 2.85. The summed E-state index contributed by atoms with van der Waals surface area (Å²) in [6.45, 7) is 0. The third-order valence-corrected chi connectivity index (χ3v) is 4.58. The van der Waals surface area contributed by atoms with Gasteiger partial charge in [0.2, 0.25) is 0 Å². The van der Waals surface area contributed by atoms with Crippen molar-refractivity contribution in [3.05, 3.63) is 102 Å². The molecule has 21 heavy (non-hydrogen) atoms. The van der Waals surface area contributed by atoms with Crippen molar-refractivity contribution in [3.63, 3.8) is 0 Å². The summed E-state index contributed by atoms with van der Waals surface area (Å²) in [7, 11) is 0. The van der Waals surface area contributed by atoms with Gasteiger partial charge in [0.15, 0.2) is 0 Å². The van der Waals surface area contributed by atoms with Crippen LogP contribution in [0.2, 0.25) is 0 Å². The number of nitrogens with zero attached hydrogens (tertiary/aromatic N) is 1. The molecule has 1 heterocycles. The van der Waals surface area contributed by atoms with Crippen LogP contribution in [0.1, 0.15) is 29.2 Å². The van der Waals surface area contributed by atoms with Crippen LogP contribution in [0, 0.1) is 0 Å². The van der Waals surface area contributed by atoms with Crippen molar-refractivity contribution >= 4 is 0 Å². The average molecular weight is 271 g/mol. The molecule has 2 aromatic carbocycles. The van der Waals surface area contributed by atoms with E-state index in [4.69, 9.17) is 0 Å². The standard InChI is InChI=1S/C20H17N/c1-3-9-16(10-4-1)20(17-11-5-2-6-12-17)15-18(20)19-13-7-8-14-21-19/h1-14,18H,15H2. The van der Waals surface area contributed by atoms with Crippen LogP contribution in [-0.4, -0.2) is 4.98 Å². The van der Waals surface area contributed by atoms with Gasteiger partial charge in [-0.05, 0) is 29.7 Å². The second-order valence-electron chi connectivity index (χ2n) is 5.71. The second kappa shape index (κ2) is 4.85. The minimum atomic E-state index is 0.0941. The molecule has 0 spiro atoms. The molecular formula is C20H17N. The molecule has 0 radical (unpaired) electrons. The molecule has 1 saturated carbocycles. The Balaban J connectivity index is 1.83. The summed E-state index contributed by atoms with van der Waals surface area (Å²) in [6.07, 6.45) is 3.03. The van der Waals surface area contributed by atoms with Crippen LogP contribution in [0.15, 0.2) is 85.1 Å². The first-order valence-corrected chi connectivity index (χ1v) is 7.43. The Morgan fingerprint density at radius 2 is 1.29 bits per heavy atom. The summed E-state index contributed by atoms with van der Waals surface area (Å²) in [5, 5.41) is 0. The molecule has 1 atom stereocenters. The molecule has 0 N–H and O–H groups in total. The molecule has 1 heteroatoms. The van der Waals surface area contributed by atoms with E-state index < -0.39 is 0 Å². The highest BCUT2D eigenvalue weighted by Gasteiger charge is 2.57. The number of pyridine rings is 1. The first-order chi connectivity index (χ1) is 10.4. The van der Waals surface area contributed by atoms with Gasteiger partial charge in [0.05, 0.1) is 0 Å². The molecule has 1 fully saturated rings. The fourth-order valence-electron chi connectivity index (χ4n) is 3.48. The zero-order valence-electron chi connectivity index (χ0n) is 11.8. The maximum atomic E-state index is 4.59. The lowest BCUT2D eigenvalue weighted by molar-refractivity contribution is 0.789. The van der Waals surface area contributed by atoms with Gasteiger partial charge in [-0.1, -0.05) is 66.7 Å². The summed E-state index contributed by atoms with van der Waals surface area (Å²) in [4.78, 5) is 4.59. The number of benzene rings is 2. The van der Waals surface area contributed by atoms with Crippen molar-refractivity contribution in [1.82, 2.24) is 4.98 Å². The minimum Gasteiger partial charge on any atom is -0.261 e. The molecule has 1 aromatic heterocycles. The van der Waals surface area contributed by atoms with Crippen molar-refractivity contribution in [3.8, 4) is 0 Å². The molecule has 4 rings (SSSR count). The molecule has 0 saturated heterocycles. The van der Waals surface area contributed by atoms with Crippen LogP contribution in [0.5, 0.6) is 0 Å². The maximum absolute atomic E-state index is 4.59. The van der Waals surface area contributed by atoms with Crippen LogP contribution in [0.4, 0.5) is 0 Å². The van der Waals surface area contributed by atoms with E-state index in [0.29, 0.717) is 5.92 Å². The Hall–Kier alpha value is -2.41. The predicted molar refractivity (Wildman–Crippen MR) is 85.3 cm³/mol. The zero-order valence-corrected chi connectivity index (χ0v) is 11.8. The zero-order chi connectivity index (χ0) is 14.1. The number of aromatic nitrogens is 1. The average Bonchev–Trinajstić information content (AvgIpc) is 3.34. The highest BCUT2D eigenvalue weighted by Crippen LogP contribution is 2.63. The second-order valence-corrected chi connectivity index (χ2v) is 5.71. The van der Waals surface area contributed by atoms with Crippen molar-refractivity contribution in [2.45, 2.75) is 17.8 Å². The fourth-order valence-corrected chi connectivity index (χ4v) is 3.48. The van der Waals surface area contributed by atoms with Gasteiger partial charge in [0.25, 0.3) is 0 Å². The largest absolute Gasteiger partial charge is 0.261 e. The number of hydrogen-bond donors (Lipinski definition) is 0. The van der Waals surface area contributed by atoms with E-state index in [0.717, 1.165) is 6.42 Å². The van der Waals surface area contributed by atoms with Crippen LogP contribution >= 0.6 is 0 Å². The minimum absolute atomic E-state index is 0.0941. The summed E-state index contributed by atoms with van der Waals surface area (Å²) in [6, 6.07) is 27.9. The molecule has 0 amide bonds. The molecule has 3 aromatic rings. The normalized spacial score (nSPS) is 19.1. The van der Waals surface area contributed by atoms with E-state index in [1.54, 1.807) is 0 Å². The Bertz CT molecular complexity index is 680. The lowest BCUT2D eigenvalue weighted by Crippen LogP contribution is -2.12. The lowest BCUT2D eigenvalue weighted by atomic mass is 9.85. The van der Waals surface area contributed by atoms with E-state index in [-0.39, 0.29) is 5.41 Å². The van der Waals surface area contributed by atoms with Crippen molar-refractivity contribution < 1.29 is 0 Å². The highest BCUT2D eigenvalue weighted by atomic mass is 14.7. The van der Waals surface area contributed by atoms with Crippen LogP contribution < -0.4 is 0 Å². The molecule has 1 aliphatic carbocycles. The quantitative estimate of drug-likeness (QED) is 0.680. The number of rotatable bonds is 3. The third-order valence-electron chi connectivity index (χ3n) is 4.58. The van der Waals surface area contributed by atoms with Gasteiger partial charge in [-0.3, -0.25) is 4.98 Å². The van der Waals surface area contributed by atoms with Crippen molar-refractivity contribution in [2.24, 2.45) is 0 Å². The SMILES string of the molecule is c1ccc(C2(c3ccccc3)CC2c2ccccn2)cc1. The van der Waals surface area contributed by atoms with E-state index in [1.807, 2.05) is 12.3 Å². The van der Waals surface area contributed by atoms with E-state index >= 15 is 0 Å². The van der Waals surface area contributed by atoms with Gasteiger partial charge in [-0.25, -0.2) is 0 Å². The van der Waals surface area contributed by atoms with Crippen LogP contribution in [-0.2, 0) is 5.41 Å². The van der Waals surface area contributed by atoms with Gasteiger partial charge in [0, 0.05) is 23.2 Å².